The Bertz CT molecular complexity index is 1110. The minimum Gasteiger partial charge on any atom is -0.478 e. The van der Waals surface area contributed by atoms with E-state index in [0.29, 0.717) is 55.8 Å². The third kappa shape index (κ3) is 4.84. The molecule has 1 fully saturated rings. The van der Waals surface area contributed by atoms with Crippen LogP contribution in [-0.2, 0) is 16.2 Å². The molecule has 32 heavy (non-hydrogen) atoms. The average Bonchev–Trinajstić information content (AvgIpc) is 3.36. The molecule has 0 saturated carbocycles. The van der Waals surface area contributed by atoms with Crippen molar-refractivity contribution in [3.05, 3.63) is 30.1 Å². The number of aromatic carboxylic acids is 1. The smallest absolute Gasteiger partial charge is 0.336 e. The van der Waals surface area contributed by atoms with E-state index in [1.165, 1.54) is 6.20 Å². The summed E-state index contributed by atoms with van der Waals surface area (Å²) in [5.74, 6) is 0.145. The van der Waals surface area contributed by atoms with Crippen molar-refractivity contribution in [3.63, 3.8) is 0 Å². The second-order valence-corrected chi connectivity index (χ2v) is 14.9. The number of pyridine rings is 1. The van der Waals surface area contributed by atoms with Gasteiger partial charge in [-0.05, 0) is 19.0 Å². The number of carbonyl (C=O) groups is 1. The van der Waals surface area contributed by atoms with Crippen LogP contribution in [0.15, 0.2) is 24.5 Å². The number of rotatable bonds is 8. The molecule has 0 bridgehead atoms. The Morgan fingerprint density at radius 1 is 1.34 bits per heavy atom. The van der Waals surface area contributed by atoms with Crippen molar-refractivity contribution in [2.24, 2.45) is 0 Å². The van der Waals surface area contributed by atoms with Crippen LogP contribution in [0.3, 0.4) is 0 Å². The van der Waals surface area contributed by atoms with Gasteiger partial charge in [0.15, 0.2) is 11.5 Å². The average molecular weight is 459 g/mol. The molecule has 10 nitrogen and oxygen atoms in total. The van der Waals surface area contributed by atoms with E-state index >= 15 is 0 Å². The summed E-state index contributed by atoms with van der Waals surface area (Å²) < 4.78 is 14.6. The Morgan fingerprint density at radius 3 is 2.88 bits per heavy atom. The highest BCUT2D eigenvalue weighted by Gasteiger charge is 2.24. The molecule has 0 spiro atoms. The van der Waals surface area contributed by atoms with Gasteiger partial charge in [-0.2, -0.15) is 14.9 Å². The highest BCUT2D eigenvalue weighted by molar-refractivity contribution is 6.76. The summed E-state index contributed by atoms with van der Waals surface area (Å²) in [6.07, 6.45) is 3.35. The first-order valence-electron chi connectivity index (χ1n) is 10.8. The van der Waals surface area contributed by atoms with E-state index < -0.39 is 14.0 Å². The van der Waals surface area contributed by atoms with Crippen LogP contribution in [0.5, 0.6) is 0 Å². The molecule has 1 unspecified atom stereocenters. The molecule has 1 saturated heterocycles. The summed E-state index contributed by atoms with van der Waals surface area (Å²) in [5, 5.41) is 19.2. The van der Waals surface area contributed by atoms with Crippen molar-refractivity contribution < 1.29 is 19.4 Å². The lowest BCUT2D eigenvalue weighted by Crippen LogP contribution is -2.44. The first kappa shape index (κ1) is 22.4. The first-order valence-corrected chi connectivity index (χ1v) is 14.5. The van der Waals surface area contributed by atoms with Crippen LogP contribution in [0.4, 0.5) is 5.82 Å². The normalized spacial score (nSPS) is 17.2. The molecule has 0 aromatic carbocycles. The highest BCUT2D eigenvalue weighted by atomic mass is 28.3. The lowest BCUT2D eigenvalue weighted by molar-refractivity contribution is 0.0698. The minimum atomic E-state index is -1.14. The van der Waals surface area contributed by atoms with Gasteiger partial charge in [-0.3, -0.25) is 0 Å². The quantitative estimate of drug-likeness (QED) is 0.406. The number of fused-ring (bicyclic) bond motifs is 1. The molecule has 3 aromatic rings. The van der Waals surface area contributed by atoms with Crippen LogP contribution in [0.1, 0.15) is 17.3 Å². The van der Waals surface area contributed by atoms with Gasteiger partial charge in [0.05, 0.1) is 36.4 Å². The zero-order valence-corrected chi connectivity index (χ0v) is 20.0. The van der Waals surface area contributed by atoms with Crippen molar-refractivity contribution in [1.29, 1.82) is 0 Å². The van der Waals surface area contributed by atoms with Crippen LogP contribution in [0, 0.1) is 0 Å². The maximum atomic E-state index is 12.0. The maximum Gasteiger partial charge on any atom is 0.336 e. The molecule has 11 heteroatoms. The third-order valence-electron chi connectivity index (χ3n) is 5.48. The summed E-state index contributed by atoms with van der Waals surface area (Å²) in [6.45, 7) is 11.8. The van der Waals surface area contributed by atoms with Gasteiger partial charge in [-0.15, -0.1) is 0 Å². The van der Waals surface area contributed by atoms with Crippen LogP contribution in [0.25, 0.3) is 16.9 Å². The van der Waals surface area contributed by atoms with Gasteiger partial charge < -0.3 is 19.5 Å². The number of carboxylic acids is 1. The van der Waals surface area contributed by atoms with Crippen LogP contribution in [0.2, 0.25) is 25.7 Å². The summed E-state index contributed by atoms with van der Waals surface area (Å²) in [7, 11) is -1.14. The van der Waals surface area contributed by atoms with Crippen molar-refractivity contribution in [3.8, 4) is 5.82 Å². The van der Waals surface area contributed by atoms with E-state index in [-0.39, 0.29) is 11.6 Å². The van der Waals surface area contributed by atoms with Gasteiger partial charge in [0.1, 0.15) is 12.5 Å². The lowest BCUT2D eigenvalue weighted by Gasteiger charge is -2.34. The number of anilines is 1. The van der Waals surface area contributed by atoms with Crippen LogP contribution >= 0.6 is 0 Å². The van der Waals surface area contributed by atoms with E-state index in [9.17, 15) is 9.90 Å². The van der Waals surface area contributed by atoms with Crippen molar-refractivity contribution in [1.82, 2.24) is 24.5 Å². The van der Waals surface area contributed by atoms with E-state index in [4.69, 9.17) is 14.5 Å². The van der Waals surface area contributed by atoms with E-state index in [1.54, 1.807) is 15.4 Å². The summed E-state index contributed by atoms with van der Waals surface area (Å²) >= 11 is 0. The summed E-state index contributed by atoms with van der Waals surface area (Å²) in [5.41, 5.74) is 0.632. The number of hydrogen-bond donors (Lipinski definition) is 1. The molecule has 0 radical (unpaired) electrons. The number of aromatic nitrogens is 5. The van der Waals surface area contributed by atoms with Crippen LogP contribution < -0.4 is 4.90 Å². The van der Waals surface area contributed by atoms with Gasteiger partial charge in [0.25, 0.3) is 0 Å². The fourth-order valence-corrected chi connectivity index (χ4v) is 4.38. The predicted octanol–water partition coefficient (Wildman–Crippen LogP) is 2.85. The summed E-state index contributed by atoms with van der Waals surface area (Å²) in [6, 6.07) is 4.62. The molecule has 172 valence electrons. The minimum absolute atomic E-state index is 0.0965. The molecule has 3 aromatic heterocycles. The predicted molar refractivity (Wildman–Crippen MR) is 123 cm³/mol. The van der Waals surface area contributed by atoms with Crippen molar-refractivity contribution >= 4 is 30.9 Å². The monoisotopic (exact) mass is 458 g/mol. The first-order chi connectivity index (χ1) is 15.2. The largest absolute Gasteiger partial charge is 0.478 e. The molecule has 1 atom stereocenters. The van der Waals surface area contributed by atoms with E-state index in [1.807, 2.05) is 19.2 Å². The fraction of sp³-hybridized carbons (Fsp3) is 0.524. The molecular weight excluding hydrogens is 428 g/mol. The lowest BCUT2D eigenvalue weighted by atomic mass is 10.1. The molecule has 1 aliphatic heterocycles. The maximum absolute atomic E-state index is 12.0. The van der Waals surface area contributed by atoms with Gasteiger partial charge in [-0.1, -0.05) is 19.6 Å². The molecule has 1 aliphatic rings. The number of ether oxygens (including phenoxy) is 2. The number of morpholine rings is 1. The Morgan fingerprint density at radius 2 is 2.16 bits per heavy atom. The molecule has 1 N–H and O–H groups in total. The third-order valence-corrected chi connectivity index (χ3v) is 7.19. The molecule has 0 aliphatic carbocycles. The van der Waals surface area contributed by atoms with Gasteiger partial charge in [0, 0.05) is 33.5 Å². The standard InChI is InChI=1S/C21H30N6O4Si/c1-15-13-30-8-7-26(15)19-11-16(21(28)29)17-12-22-27(20(17)23-19)18-5-6-25(24-18)14-31-9-10-32(2,3)4/h5-6,11-12,15H,7-10,13-14H2,1-4H3,(H,28,29). The molecular formula is C21H30N6O4Si. The number of carboxylic acid groups (broad SMARTS) is 1. The Hall–Kier alpha value is -2.76. The molecule has 0 amide bonds. The van der Waals surface area contributed by atoms with Crippen molar-refractivity contribution in [2.75, 3.05) is 31.3 Å². The topological polar surface area (TPSA) is 108 Å². The Balaban J connectivity index is 1.62. The molecule has 4 heterocycles. The highest BCUT2D eigenvalue weighted by Crippen LogP contribution is 2.26. The van der Waals surface area contributed by atoms with E-state index in [0.717, 1.165) is 6.04 Å². The van der Waals surface area contributed by atoms with Crippen molar-refractivity contribution in [2.45, 2.75) is 45.4 Å². The zero-order chi connectivity index (χ0) is 22.9. The number of nitrogens with zero attached hydrogens (tertiary/aromatic N) is 6. The Kier molecular flexibility index (Phi) is 6.31. The van der Waals surface area contributed by atoms with Gasteiger partial charge in [0.2, 0.25) is 0 Å². The second kappa shape index (κ2) is 9.00. The summed E-state index contributed by atoms with van der Waals surface area (Å²) in [4.78, 5) is 18.8. The molecule has 4 rings (SSSR count). The van der Waals surface area contributed by atoms with Gasteiger partial charge >= 0.3 is 5.97 Å². The van der Waals surface area contributed by atoms with E-state index in [2.05, 4.69) is 34.7 Å². The van der Waals surface area contributed by atoms with Gasteiger partial charge in [-0.25, -0.2) is 14.5 Å². The second-order valence-electron chi connectivity index (χ2n) is 9.31. The fourth-order valence-electron chi connectivity index (χ4n) is 3.62. The Labute approximate surface area is 187 Å². The SMILES string of the molecule is CC1COCCN1c1cc(C(=O)O)c2cnn(-c3ccn(COCC[Si](C)(C)C)n3)c2n1. The van der Waals surface area contributed by atoms with Crippen LogP contribution in [-0.4, -0.2) is 76.1 Å². The number of hydrogen-bond acceptors (Lipinski definition) is 7. The zero-order valence-electron chi connectivity index (χ0n) is 19.0.